The van der Waals surface area contributed by atoms with Crippen molar-refractivity contribution in [3.8, 4) is 27.4 Å². The third-order valence-corrected chi connectivity index (χ3v) is 11.8. The van der Waals surface area contributed by atoms with Crippen LogP contribution in [0.4, 0.5) is 10.5 Å². The van der Waals surface area contributed by atoms with Crippen molar-refractivity contribution in [2.75, 3.05) is 71.6 Å². The monoisotopic (exact) mass is 894 g/mol. The van der Waals surface area contributed by atoms with E-state index in [4.69, 9.17) is 37.6 Å². The van der Waals surface area contributed by atoms with Crippen molar-refractivity contribution < 1.29 is 45.8 Å². The van der Waals surface area contributed by atoms with Gasteiger partial charge in [-0.25, -0.2) is 9.78 Å². The van der Waals surface area contributed by atoms with E-state index in [2.05, 4.69) is 60.7 Å². The summed E-state index contributed by atoms with van der Waals surface area (Å²) in [6, 6.07) is 36.7. The van der Waals surface area contributed by atoms with Gasteiger partial charge >= 0.3 is 6.09 Å². The Bertz CT molecular complexity index is 2500. The van der Waals surface area contributed by atoms with Gasteiger partial charge in [-0.2, -0.15) is 8.42 Å². The molecule has 332 valence electrons. The zero-order valence-corrected chi connectivity index (χ0v) is 37.9. The van der Waals surface area contributed by atoms with Crippen LogP contribution in [0.25, 0.3) is 44.1 Å². The van der Waals surface area contributed by atoms with Crippen LogP contribution in [0.1, 0.15) is 37.5 Å². The van der Waals surface area contributed by atoms with Crippen LogP contribution in [-0.2, 0) is 38.0 Å². The number of hydrogen-bond donors (Lipinski definition) is 0. The molecule has 14 heteroatoms. The molecule has 0 aliphatic heterocycles. The van der Waals surface area contributed by atoms with Crippen LogP contribution in [0, 0.1) is 6.92 Å². The predicted octanol–water partition coefficient (Wildman–Crippen LogP) is 10.3. The van der Waals surface area contributed by atoms with E-state index in [1.165, 1.54) is 12.1 Å². The maximum absolute atomic E-state index is 13.3. The van der Waals surface area contributed by atoms with Gasteiger partial charge in [-0.1, -0.05) is 90.5 Å². The molecule has 1 aromatic heterocycles. The van der Waals surface area contributed by atoms with Gasteiger partial charge in [0.2, 0.25) is 0 Å². The van der Waals surface area contributed by atoms with E-state index >= 15 is 0 Å². The molecule has 0 spiro atoms. The molecule has 0 N–H and O–H groups in total. The zero-order chi connectivity index (χ0) is 44.7. The first-order valence-electron chi connectivity index (χ1n) is 20.6. The van der Waals surface area contributed by atoms with E-state index in [9.17, 15) is 13.2 Å². The summed E-state index contributed by atoms with van der Waals surface area (Å²) in [5.74, 6) is 0.737. The molecule has 1 heterocycles. The number of aryl methyl sites for hydroxylation is 1. The van der Waals surface area contributed by atoms with Crippen molar-refractivity contribution in [2.24, 2.45) is 0 Å². The SMILES string of the molecule is COCCOCOc1ccc2nc(-c3ccc(/C=C/c4ccc(-c5ccc(N(CCOCCOCCOS(=O)(=O)c6ccc(C)cc6)C(=O)OC(C)(C)C)cc5)cc4)cc3)sc2c1. The summed E-state index contributed by atoms with van der Waals surface area (Å²) < 4.78 is 63.9. The van der Waals surface area contributed by atoms with Gasteiger partial charge in [0, 0.05) is 18.4 Å². The minimum Gasteiger partial charge on any atom is -0.468 e. The van der Waals surface area contributed by atoms with E-state index in [1.54, 1.807) is 35.5 Å². The summed E-state index contributed by atoms with van der Waals surface area (Å²) in [4.78, 5) is 19.7. The largest absolute Gasteiger partial charge is 0.468 e. The topological polar surface area (TPSA) is 132 Å². The van der Waals surface area contributed by atoms with Gasteiger partial charge in [0.25, 0.3) is 10.1 Å². The number of amides is 1. The standard InChI is InChI=1S/C49H54N2O10S2/c1-36-6-23-44(24-7-36)63(53,54)60-33-32-57-31-30-56-27-26-51(48(52)61-49(2,3)4)42-20-18-40(19-21-42)39-14-10-37(11-15-39)8-9-38-12-16-41(17-13-38)47-50-45-25-22-43(34-46(45)62-47)59-35-58-29-28-55-5/h6-25,34H,26-33,35H2,1-5H3/b9-8+. The molecule has 0 aliphatic carbocycles. The normalized spacial score (nSPS) is 12.0. The Balaban J connectivity index is 0.971. The number of thiazole rings is 1. The number of hydrogen-bond acceptors (Lipinski definition) is 12. The molecule has 0 atom stereocenters. The highest BCUT2D eigenvalue weighted by Crippen LogP contribution is 2.33. The lowest BCUT2D eigenvalue weighted by atomic mass is 10.0. The molecule has 6 rings (SSSR count). The van der Waals surface area contributed by atoms with Crippen molar-refractivity contribution in [2.45, 2.75) is 38.2 Å². The molecule has 1 amide bonds. The molecule has 0 unspecified atom stereocenters. The van der Waals surface area contributed by atoms with Crippen molar-refractivity contribution in [1.29, 1.82) is 0 Å². The Morgan fingerprint density at radius 3 is 1.92 bits per heavy atom. The number of anilines is 1. The highest BCUT2D eigenvalue weighted by molar-refractivity contribution is 7.86. The minimum atomic E-state index is -3.85. The summed E-state index contributed by atoms with van der Waals surface area (Å²) >= 11 is 1.62. The van der Waals surface area contributed by atoms with Crippen molar-refractivity contribution in [3.05, 3.63) is 132 Å². The third kappa shape index (κ3) is 14.5. The van der Waals surface area contributed by atoms with Crippen LogP contribution in [0.5, 0.6) is 5.75 Å². The second-order valence-electron chi connectivity index (χ2n) is 15.4. The van der Waals surface area contributed by atoms with Gasteiger partial charge < -0.3 is 28.4 Å². The van der Waals surface area contributed by atoms with Crippen LogP contribution in [0.2, 0.25) is 0 Å². The average Bonchev–Trinajstić information content (AvgIpc) is 3.70. The summed E-state index contributed by atoms with van der Waals surface area (Å²) in [5, 5.41) is 0.943. The highest BCUT2D eigenvalue weighted by Gasteiger charge is 2.23. The lowest BCUT2D eigenvalue weighted by molar-refractivity contribution is -0.00840. The maximum Gasteiger partial charge on any atom is 0.414 e. The number of nitrogens with zero attached hydrogens (tertiary/aromatic N) is 2. The van der Waals surface area contributed by atoms with Gasteiger partial charge in [0.1, 0.15) is 16.4 Å². The fourth-order valence-corrected chi connectivity index (χ4v) is 7.97. The fraction of sp³-hybridized carbons (Fsp3) is 0.306. The molecule has 12 nitrogen and oxygen atoms in total. The number of ether oxygens (including phenoxy) is 6. The quantitative estimate of drug-likeness (QED) is 0.0279. The molecular weight excluding hydrogens is 841 g/mol. The Kier molecular flexibility index (Phi) is 17.0. The fourth-order valence-electron chi connectivity index (χ4n) is 6.08. The van der Waals surface area contributed by atoms with Crippen LogP contribution in [0.3, 0.4) is 0 Å². The van der Waals surface area contributed by atoms with Gasteiger partial charge in [-0.15, -0.1) is 11.3 Å². The lowest BCUT2D eigenvalue weighted by Gasteiger charge is -2.27. The number of aromatic nitrogens is 1. The van der Waals surface area contributed by atoms with Crippen LogP contribution < -0.4 is 9.64 Å². The van der Waals surface area contributed by atoms with E-state index < -0.39 is 21.8 Å². The molecule has 0 fully saturated rings. The minimum absolute atomic E-state index is 0.0824. The van der Waals surface area contributed by atoms with E-state index in [0.29, 0.717) is 18.9 Å². The molecule has 0 aliphatic rings. The zero-order valence-electron chi connectivity index (χ0n) is 36.3. The summed E-state index contributed by atoms with van der Waals surface area (Å²) in [7, 11) is -2.21. The molecule has 0 saturated carbocycles. The second-order valence-corrected chi connectivity index (χ2v) is 18.0. The summed E-state index contributed by atoms with van der Waals surface area (Å²) in [6.07, 6.45) is 3.69. The smallest absolute Gasteiger partial charge is 0.414 e. The van der Waals surface area contributed by atoms with Crippen LogP contribution in [-0.4, -0.2) is 91.8 Å². The molecular formula is C49H54N2O10S2. The number of carbonyl (C=O) groups excluding carboxylic acids is 1. The molecule has 6 aromatic rings. The molecule has 63 heavy (non-hydrogen) atoms. The molecule has 5 aromatic carbocycles. The van der Waals surface area contributed by atoms with Gasteiger partial charge in [0.15, 0.2) is 6.79 Å². The first-order chi connectivity index (χ1) is 30.4. The number of fused-ring (bicyclic) bond motifs is 1. The van der Waals surface area contributed by atoms with Crippen molar-refractivity contribution in [3.63, 3.8) is 0 Å². The molecule has 0 bridgehead atoms. The number of methoxy groups -OCH3 is 1. The Morgan fingerprint density at radius 1 is 0.698 bits per heavy atom. The number of rotatable bonds is 22. The van der Waals surface area contributed by atoms with E-state index in [0.717, 1.165) is 54.4 Å². The van der Waals surface area contributed by atoms with Crippen molar-refractivity contribution >= 4 is 55.6 Å². The number of benzene rings is 5. The second kappa shape index (κ2) is 22.8. The summed E-state index contributed by atoms with van der Waals surface area (Å²) in [5.41, 5.74) is 7.10. The van der Waals surface area contributed by atoms with Gasteiger partial charge in [-0.3, -0.25) is 9.08 Å². The third-order valence-electron chi connectivity index (χ3n) is 9.37. The molecule has 0 radical (unpaired) electrons. The van der Waals surface area contributed by atoms with Crippen LogP contribution in [0.15, 0.2) is 120 Å². The van der Waals surface area contributed by atoms with Crippen LogP contribution >= 0.6 is 11.3 Å². The predicted molar refractivity (Wildman–Crippen MR) is 249 cm³/mol. The Morgan fingerprint density at radius 2 is 1.29 bits per heavy atom. The average molecular weight is 895 g/mol. The number of carbonyl (C=O) groups is 1. The maximum atomic E-state index is 13.3. The van der Waals surface area contributed by atoms with Gasteiger partial charge in [0.05, 0.1) is 67.9 Å². The Labute approximate surface area is 374 Å². The van der Waals surface area contributed by atoms with Crippen molar-refractivity contribution in [1.82, 2.24) is 4.98 Å². The first-order valence-corrected chi connectivity index (χ1v) is 22.8. The lowest BCUT2D eigenvalue weighted by Crippen LogP contribution is -2.39. The van der Waals surface area contributed by atoms with E-state index in [-0.39, 0.29) is 51.3 Å². The summed E-state index contributed by atoms with van der Waals surface area (Å²) in [6.45, 7) is 9.46. The Hall–Kier alpha value is -5.45. The first kappa shape index (κ1) is 47.0. The molecule has 0 saturated heterocycles. The highest BCUT2D eigenvalue weighted by atomic mass is 32.2. The van der Waals surface area contributed by atoms with E-state index in [1.807, 2.05) is 70.2 Å². The van der Waals surface area contributed by atoms with Gasteiger partial charge in [-0.05, 0) is 92.4 Å².